The lowest BCUT2D eigenvalue weighted by Gasteiger charge is -2.09. The van der Waals surface area contributed by atoms with E-state index in [0.717, 1.165) is 0 Å². The Morgan fingerprint density at radius 3 is 2.92 bits per heavy atom. The van der Waals surface area contributed by atoms with Crippen molar-refractivity contribution in [2.45, 2.75) is 32.4 Å². The molecule has 25 heavy (non-hydrogen) atoms. The molecule has 0 unspecified atom stereocenters. The predicted molar refractivity (Wildman–Crippen MR) is 88.0 cm³/mol. The molecule has 134 valence electrons. The van der Waals surface area contributed by atoms with Gasteiger partial charge in [0.15, 0.2) is 5.69 Å². The van der Waals surface area contributed by atoms with E-state index in [2.05, 4.69) is 37.7 Å². The molecule has 0 aliphatic heterocycles. The van der Waals surface area contributed by atoms with E-state index in [1.54, 1.807) is 6.20 Å². The first kappa shape index (κ1) is 16.9. The van der Waals surface area contributed by atoms with Crippen molar-refractivity contribution in [2.75, 3.05) is 19.0 Å². The molecule has 1 atom stereocenters. The van der Waals surface area contributed by atoms with Crippen LogP contribution in [0.2, 0.25) is 0 Å². The van der Waals surface area contributed by atoms with E-state index in [-0.39, 0.29) is 11.7 Å². The Balaban J connectivity index is 1.42. The van der Waals surface area contributed by atoms with Crippen LogP contribution in [0.4, 0.5) is 10.5 Å². The number of hydrogen-bond acceptors (Lipinski definition) is 6. The summed E-state index contributed by atoms with van der Waals surface area (Å²) < 4.78 is 7.90. The van der Waals surface area contributed by atoms with Crippen molar-refractivity contribution in [3.05, 3.63) is 24.3 Å². The maximum atomic E-state index is 11.9. The highest BCUT2D eigenvalue weighted by atomic mass is 16.5. The number of ether oxygens (including phenoxy) is 1. The lowest BCUT2D eigenvalue weighted by atomic mass is 10.2. The summed E-state index contributed by atoms with van der Waals surface area (Å²) in [5, 5.41) is 17.2. The number of esters is 1. The maximum absolute atomic E-state index is 11.9. The SMILES string of the molecule is COC(=O)c1cn(CCNC(=O)Nc2cnn([C@@H](C)C3CC3)c2)nn1. The Hall–Kier alpha value is -2.91. The van der Waals surface area contributed by atoms with E-state index in [1.807, 2.05) is 10.9 Å². The number of carbonyl (C=O) groups is 2. The van der Waals surface area contributed by atoms with E-state index in [1.165, 1.54) is 30.8 Å². The molecule has 2 aromatic rings. The number of urea groups is 1. The summed E-state index contributed by atoms with van der Waals surface area (Å²) in [6.45, 7) is 2.85. The number of nitrogens with zero attached hydrogens (tertiary/aromatic N) is 5. The van der Waals surface area contributed by atoms with Gasteiger partial charge < -0.3 is 15.4 Å². The molecule has 3 rings (SSSR count). The molecule has 0 spiro atoms. The first-order chi connectivity index (χ1) is 12.1. The zero-order valence-electron chi connectivity index (χ0n) is 14.2. The van der Waals surface area contributed by atoms with Crippen LogP contribution >= 0.6 is 0 Å². The fourth-order valence-electron chi connectivity index (χ4n) is 2.48. The van der Waals surface area contributed by atoms with Gasteiger partial charge in [0.1, 0.15) is 0 Å². The summed E-state index contributed by atoms with van der Waals surface area (Å²) >= 11 is 0. The van der Waals surface area contributed by atoms with Crippen LogP contribution in [0.3, 0.4) is 0 Å². The molecule has 1 aliphatic carbocycles. The Labute approximate surface area is 144 Å². The highest BCUT2D eigenvalue weighted by Gasteiger charge is 2.29. The Kier molecular flexibility index (Phi) is 4.96. The van der Waals surface area contributed by atoms with Gasteiger partial charge in [-0.05, 0) is 25.7 Å². The molecule has 0 radical (unpaired) electrons. The van der Waals surface area contributed by atoms with Gasteiger partial charge in [-0.2, -0.15) is 5.10 Å². The third kappa shape index (κ3) is 4.34. The van der Waals surface area contributed by atoms with Crippen LogP contribution in [0.15, 0.2) is 18.6 Å². The van der Waals surface area contributed by atoms with Gasteiger partial charge >= 0.3 is 12.0 Å². The van der Waals surface area contributed by atoms with Crippen molar-refractivity contribution >= 4 is 17.7 Å². The number of anilines is 1. The standard InChI is InChI=1S/C15H21N7O3/c1-10(11-3-4-11)22-8-12(7-17-22)18-15(24)16-5-6-21-9-13(19-20-21)14(23)25-2/h7-11H,3-6H2,1-2H3,(H2,16,18,24)/t10-/m0/s1. The van der Waals surface area contributed by atoms with E-state index in [9.17, 15) is 9.59 Å². The summed E-state index contributed by atoms with van der Waals surface area (Å²) in [6.07, 6.45) is 7.42. The van der Waals surface area contributed by atoms with Crippen LogP contribution in [-0.4, -0.2) is 50.4 Å². The number of rotatable bonds is 7. The van der Waals surface area contributed by atoms with Crippen LogP contribution < -0.4 is 10.6 Å². The summed E-state index contributed by atoms with van der Waals surface area (Å²) in [5.41, 5.74) is 0.780. The largest absolute Gasteiger partial charge is 0.464 e. The second-order valence-corrected chi connectivity index (χ2v) is 6.03. The van der Waals surface area contributed by atoms with Crippen molar-refractivity contribution in [2.24, 2.45) is 5.92 Å². The molecule has 1 saturated carbocycles. The average Bonchev–Trinajstić information content (AvgIpc) is 3.17. The second-order valence-electron chi connectivity index (χ2n) is 6.03. The van der Waals surface area contributed by atoms with Crippen LogP contribution in [0, 0.1) is 5.92 Å². The third-order valence-electron chi connectivity index (χ3n) is 4.14. The highest BCUT2D eigenvalue weighted by molar-refractivity contribution is 5.88. The Morgan fingerprint density at radius 2 is 2.20 bits per heavy atom. The fraction of sp³-hybridized carbons (Fsp3) is 0.533. The van der Waals surface area contributed by atoms with Crippen LogP contribution in [0.5, 0.6) is 0 Å². The number of nitrogens with one attached hydrogen (secondary N) is 2. The summed E-state index contributed by atoms with van der Waals surface area (Å²) in [5.74, 6) is 0.147. The fourth-order valence-corrected chi connectivity index (χ4v) is 2.48. The second kappa shape index (κ2) is 7.32. The van der Waals surface area contributed by atoms with Gasteiger partial charge in [-0.15, -0.1) is 5.10 Å². The number of carbonyl (C=O) groups excluding carboxylic acids is 2. The van der Waals surface area contributed by atoms with E-state index >= 15 is 0 Å². The lowest BCUT2D eigenvalue weighted by Crippen LogP contribution is -2.31. The van der Waals surface area contributed by atoms with E-state index < -0.39 is 5.97 Å². The predicted octanol–water partition coefficient (Wildman–Crippen LogP) is 1.05. The molecule has 0 aromatic carbocycles. The van der Waals surface area contributed by atoms with Gasteiger partial charge in [-0.25, -0.2) is 14.3 Å². The van der Waals surface area contributed by atoms with Crippen molar-refractivity contribution in [1.82, 2.24) is 30.1 Å². The molecule has 10 heteroatoms. The van der Waals surface area contributed by atoms with E-state index in [0.29, 0.717) is 30.7 Å². The monoisotopic (exact) mass is 347 g/mol. The number of hydrogen-bond donors (Lipinski definition) is 2. The lowest BCUT2D eigenvalue weighted by molar-refractivity contribution is 0.0594. The minimum atomic E-state index is -0.547. The summed E-state index contributed by atoms with van der Waals surface area (Å²) in [7, 11) is 1.28. The van der Waals surface area contributed by atoms with Gasteiger partial charge in [0, 0.05) is 12.7 Å². The first-order valence-electron chi connectivity index (χ1n) is 8.14. The normalized spacial score (nSPS) is 14.8. The van der Waals surface area contributed by atoms with Gasteiger partial charge in [-0.3, -0.25) is 4.68 Å². The van der Waals surface area contributed by atoms with Crippen LogP contribution in [0.1, 0.15) is 36.3 Å². The number of amides is 2. The number of aromatic nitrogens is 5. The molecular formula is C15H21N7O3. The molecule has 1 aliphatic rings. The van der Waals surface area contributed by atoms with Gasteiger partial charge in [-0.1, -0.05) is 5.21 Å². The Morgan fingerprint density at radius 1 is 1.40 bits per heavy atom. The van der Waals surface area contributed by atoms with Crippen molar-refractivity contribution < 1.29 is 14.3 Å². The first-order valence-corrected chi connectivity index (χ1v) is 8.14. The minimum absolute atomic E-state index is 0.129. The minimum Gasteiger partial charge on any atom is -0.464 e. The quantitative estimate of drug-likeness (QED) is 0.723. The maximum Gasteiger partial charge on any atom is 0.360 e. The molecule has 0 bridgehead atoms. The third-order valence-corrected chi connectivity index (χ3v) is 4.14. The molecule has 1 fully saturated rings. The molecule has 0 saturated heterocycles. The van der Waals surface area contributed by atoms with Gasteiger partial charge in [0.05, 0.1) is 37.8 Å². The zero-order chi connectivity index (χ0) is 17.8. The number of methoxy groups -OCH3 is 1. The van der Waals surface area contributed by atoms with Crippen LogP contribution in [0.25, 0.3) is 0 Å². The molecule has 2 aromatic heterocycles. The van der Waals surface area contributed by atoms with Crippen LogP contribution in [-0.2, 0) is 11.3 Å². The topological polar surface area (TPSA) is 116 Å². The molecule has 2 amide bonds. The van der Waals surface area contributed by atoms with Gasteiger partial charge in [0.2, 0.25) is 0 Å². The highest BCUT2D eigenvalue weighted by Crippen LogP contribution is 2.39. The summed E-state index contributed by atoms with van der Waals surface area (Å²) in [4.78, 5) is 23.2. The molecular weight excluding hydrogens is 326 g/mol. The molecule has 2 N–H and O–H groups in total. The summed E-state index contributed by atoms with van der Waals surface area (Å²) in [6, 6.07) is 0.0295. The molecule has 2 heterocycles. The van der Waals surface area contributed by atoms with Crippen molar-refractivity contribution in [3.8, 4) is 0 Å². The molecule has 10 nitrogen and oxygen atoms in total. The smallest absolute Gasteiger partial charge is 0.360 e. The average molecular weight is 347 g/mol. The van der Waals surface area contributed by atoms with E-state index in [4.69, 9.17) is 0 Å². The Bertz CT molecular complexity index is 750. The van der Waals surface area contributed by atoms with Crippen molar-refractivity contribution in [1.29, 1.82) is 0 Å². The van der Waals surface area contributed by atoms with Gasteiger partial charge in [0.25, 0.3) is 0 Å². The van der Waals surface area contributed by atoms with Crippen molar-refractivity contribution in [3.63, 3.8) is 0 Å². The zero-order valence-corrected chi connectivity index (χ0v) is 14.2.